The third-order valence-electron chi connectivity index (χ3n) is 3.21. The van der Waals surface area contributed by atoms with Crippen LogP contribution in [0.4, 0.5) is 0 Å². The summed E-state index contributed by atoms with van der Waals surface area (Å²) in [5.41, 5.74) is 0. The molecule has 0 bridgehead atoms. The minimum atomic E-state index is 0.651. The van der Waals surface area contributed by atoms with Crippen LogP contribution in [-0.2, 0) is 13.1 Å². The molecule has 2 aromatic rings. The highest BCUT2D eigenvalue weighted by atomic mass is 16.3. The van der Waals surface area contributed by atoms with E-state index in [1.165, 1.54) is 12.7 Å². The summed E-state index contributed by atoms with van der Waals surface area (Å²) in [6, 6.07) is 4.15. The van der Waals surface area contributed by atoms with Gasteiger partial charge in [0, 0.05) is 5.92 Å². The van der Waals surface area contributed by atoms with Crippen LogP contribution < -0.4 is 5.32 Å². The van der Waals surface area contributed by atoms with E-state index in [-0.39, 0.29) is 0 Å². The van der Waals surface area contributed by atoms with Gasteiger partial charge in [-0.3, -0.25) is 5.10 Å². The number of hydrogen-bond acceptors (Lipinski definition) is 4. The van der Waals surface area contributed by atoms with Crippen molar-refractivity contribution in [2.75, 3.05) is 0 Å². The zero-order valence-electron chi connectivity index (χ0n) is 9.81. The van der Waals surface area contributed by atoms with Crippen molar-refractivity contribution >= 4 is 0 Å². The molecule has 2 atom stereocenters. The monoisotopic (exact) mass is 232 g/mol. The van der Waals surface area contributed by atoms with E-state index in [1.54, 1.807) is 0 Å². The Labute approximate surface area is 99.6 Å². The van der Waals surface area contributed by atoms with E-state index in [9.17, 15) is 0 Å². The van der Waals surface area contributed by atoms with Crippen molar-refractivity contribution < 1.29 is 4.42 Å². The first kappa shape index (κ1) is 10.5. The number of rotatable bonds is 5. The largest absolute Gasteiger partial charge is 0.464 e. The summed E-state index contributed by atoms with van der Waals surface area (Å²) in [6.07, 6.45) is 2.77. The van der Waals surface area contributed by atoms with E-state index >= 15 is 0 Å². The smallest absolute Gasteiger partial charge is 0.138 e. The van der Waals surface area contributed by atoms with Gasteiger partial charge in [0.2, 0.25) is 0 Å². The molecule has 0 spiro atoms. The Morgan fingerprint density at radius 1 is 1.47 bits per heavy atom. The van der Waals surface area contributed by atoms with Gasteiger partial charge < -0.3 is 9.73 Å². The van der Waals surface area contributed by atoms with Crippen LogP contribution in [0.5, 0.6) is 0 Å². The molecular formula is C12H16N4O. The Kier molecular flexibility index (Phi) is 2.68. The van der Waals surface area contributed by atoms with Crippen molar-refractivity contribution in [3.63, 3.8) is 0 Å². The van der Waals surface area contributed by atoms with Crippen LogP contribution in [0.1, 0.15) is 36.6 Å². The van der Waals surface area contributed by atoms with Crippen molar-refractivity contribution in [2.24, 2.45) is 5.92 Å². The predicted molar refractivity (Wildman–Crippen MR) is 62.2 cm³/mol. The molecule has 5 nitrogen and oxygen atoms in total. The van der Waals surface area contributed by atoms with E-state index in [0.29, 0.717) is 12.5 Å². The van der Waals surface area contributed by atoms with Gasteiger partial charge >= 0.3 is 0 Å². The van der Waals surface area contributed by atoms with Crippen LogP contribution >= 0.6 is 0 Å². The number of nitrogens with zero attached hydrogens (tertiary/aromatic N) is 2. The molecular weight excluding hydrogens is 216 g/mol. The molecule has 2 N–H and O–H groups in total. The summed E-state index contributed by atoms with van der Waals surface area (Å²) >= 11 is 0. The number of aromatic amines is 1. The third-order valence-corrected chi connectivity index (χ3v) is 3.21. The molecule has 0 saturated heterocycles. The quantitative estimate of drug-likeness (QED) is 0.825. The number of aromatic nitrogens is 3. The molecule has 0 aliphatic heterocycles. The molecule has 5 heteroatoms. The Balaban J connectivity index is 1.50. The molecule has 0 radical (unpaired) electrons. The van der Waals surface area contributed by atoms with Gasteiger partial charge in [0.25, 0.3) is 0 Å². The first-order chi connectivity index (χ1) is 8.33. The van der Waals surface area contributed by atoms with Crippen LogP contribution in [0.15, 0.2) is 22.9 Å². The highest BCUT2D eigenvalue weighted by Gasteiger charge is 2.36. The molecule has 90 valence electrons. The molecule has 2 heterocycles. The average Bonchev–Trinajstić information content (AvgIpc) is 2.76. The Morgan fingerprint density at radius 2 is 2.35 bits per heavy atom. The normalized spacial score (nSPS) is 22.9. The molecule has 17 heavy (non-hydrogen) atoms. The Hall–Kier alpha value is -1.62. The first-order valence-electron chi connectivity index (χ1n) is 5.96. The molecule has 0 aromatic carbocycles. The van der Waals surface area contributed by atoms with Gasteiger partial charge in [-0.25, -0.2) is 4.98 Å². The predicted octanol–water partition coefficient (Wildman–Crippen LogP) is 1.81. The summed E-state index contributed by atoms with van der Waals surface area (Å²) < 4.78 is 5.79. The number of nitrogens with one attached hydrogen (secondary N) is 2. The molecule has 1 fully saturated rings. The molecule has 0 amide bonds. The topological polar surface area (TPSA) is 66.7 Å². The summed E-state index contributed by atoms with van der Waals surface area (Å²) in [4.78, 5) is 4.04. The van der Waals surface area contributed by atoms with Gasteiger partial charge in [-0.2, -0.15) is 5.10 Å². The second-order valence-corrected chi connectivity index (χ2v) is 4.66. The molecule has 1 aliphatic carbocycles. The minimum absolute atomic E-state index is 0.651. The van der Waals surface area contributed by atoms with Crippen molar-refractivity contribution in [1.82, 2.24) is 20.5 Å². The summed E-state index contributed by atoms with van der Waals surface area (Å²) in [5.74, 6) is 4.40. The standard InChI is InChI=1S/C12H16N4O/c1-8-4-10(8)11-3-2-9(17-11)5-13-6-12-14-7-15-16-12/h2-3,7-8,10,13H,4-6H2,1H3,(H,14,15,16). The summed E-state index contributed by atoms with van der Waals surface area (Å²) in [5, 5.41) is 9.86. The highest BCUT2D eigenvalue weighted by Crippen LogP contribution is 2.47. The van der Waals surface area contributed by atoms with Crippen LogP contribution in [0.2, 0.25) is 0 Å². The van der Waals surface area contributed by atoms with Crippen LogP contribution in [0.25, 0.3) is 0 Å². The maximum absolute atomic E-state index is 5.79. The number of H-pyrrole nitrogens is 1. The van der Waals surface area contributed by atoms with Crippen molar-refractivity contribution in [3.8, 4) is 0 Å². The van der Waals surface area contributed by atoms with E-state index in [0.717, 1.165) is 29.8 Å². The SMILES string of the molecule is CC1CC1c1ccc(CNCc2ncn[nH]2)o1. The lowest BCUT2D eigenvalue weighted by Crippen LogP contribution is -2.13. The maximum atomic E-state index is 5.79. The van der Waals surface area contributed by atoms with E-state index in [4.69, 9.17) is 4.42 Å². The Morgan fingerprint density at radius 3 is 3.06 bits per heavy atom. The number of hydrogen-bond donors (Lipinski definition) is 2. The van der Waals surface area contributed by atoms with Gasteiger partial charge in [-0.15, -0.1) is 0 Å². The van der Waals surface area contributed by atoms with Gasteiger partial charge in [0.15, 0.2) is 0 Å². The van der Waals surface area contributed by atoms with E-state index < -0.39 is 0 Å². The van der Waals surface area contributed by atoms with Crippen molar-refractivity contribution in [1.29, 1.82) is 0 Å². The maximum Gasteiger partial charge on any atom is 0.138 e. The van der Waals surface area contributed by atoms with Gasteiger partial charge in [0.1, 0.15) is 23.7 Å². The van der Waals surface area contributed by atoms with Gasteiger partial charge in [-0.1, -0.05) is 6.92 Å². The van der Waals surface area contributed by atoms with Crippen molar-refractivity contribution in [3.05, 3.63) is 35.8 Å². The Bertz CT molecular complexity index is 476. The van der Waals surface area contributed by atoms with E-state index in [2.05, 4.69) is 33.5 Å². The van der Waals surface area contributed by atoms with Crippen molar-refractivity contribution in [2.45, 2.75) is 32.4 Å². The molecule has 2 aromatic heterocycles. The fourth-order valence-electron chi connectivity index (χ4n) is 2.03. The zero-order chi connectivity index (χ0) is 11.7. The second kappa shape index (κ2) is 4.33. The summed E-state index contributed by atoms with van der Waals surface area (Å²) in [6.45, 7) is 3.66. The van der Waals surface area contributed by atoms with Gasteiger partial charge in [0.05, 0.1) is 13.1 Å². The lowest BCUT2D eigenvalue weighted by molar-refractivity contribution is 0.442. The minimum Gasteiger partial charge on any atom is -0.464 e. The molecule has 3 rings (SSSR count). The summed E-state index contributed by atoms with van der Waals surface area (Å²) in [7, 11) is 0. The fraction of sp³-hybridized carbons (Fsp3) is 0.500. The van der Waals surface area contributed by atoms with Crippen LogP contribution in [-0.4, -0.2) is 15.2 Å². The average molecular weight is 232 g/mol. The molecule has 1 saturated carbocycles. The van der Waals surface area contributed by atoms with E-state index in [1.807, 2.05) is 6.07 Å². The zero-order valence-corrected chi connectivity index (χ0v) is 9.81. The van der Waals surface area contributed by atoms with Crippen LogP contribution in [0, 0.1) is 5.92 Å². The number of furan rings is 1. The fourth-order valence-corrected chi connectivity index (χ4v) is 2.03. The third kappa shape index (κ3) is 2.39. The highest BCUT2D eigenvalue weighted by molar-refractivity contribution is 5.17. The first-order valence-corrected chi connectivity index (χ1v) is 5.96. The molecule has 1 aliphatic rings. The lowest BCUT2D eigenvalue weighted by Gasteiger charge is -1.99. The molecule has 2 unspecified atom stereocenters. The van der Waals surface area contributed by atoms with Gasteiger partial charge in [-0.05, 0) is 24.5 Å². The second-order valence-electron chi connectivity index (χ2n) is 4.66. The van der Waals surface area contributed by atoms with Crippen LogP contribution in [0.3, 0.4) is 0 Å². The lowest BCUT2D eigenvalue weighted by atomic mass is 10.3.